The van der Waals surface area contributed by atoms with Crippen molar-refractivity contribution in [3.63, 3.8) is 0 Å². The fourth-order valence-corrected chi connectivity index (χ4v) is 2.33. The molecule has 14 heavy (non-hydrogen) atoms. The molecule has 0 aliphatic carbocycles. The monoisotopic (exact) mass is 274 g/mol. The molecule has 0 bridgehead atoms. The molecule has 0 heterocycles. The van der Waals surface area contributed by atoms with Gasteiger partial charge in [-0.15, -0.1) is 0 Å². The molecule has 0 saturated heterocycles. The Morgan fingerprint density at radius 1 is 1.43 bits per heavy atom. The second-order valence-corrected chi connectivity index (χ2v) is 4.51. The number of carbonyl (C=O) groups is 1. The molecule has 2 unspecified atom stereocenters. The Kier molecular flexibility index (Phi) is 4.50. The van der Waals surface area contributed by atoms with Gasteiger partial charge in [-0.3, -0.25) is 0 Å². The Balaban J connectivity index is 2.78. The second kappa shape index (κ2) is 5.43. The summed E-state index contributed by atoms with van der Waals surface area (Å²) in [5, 5.41) is 10.3. The van der Waals surface area contributed by atoms with Gasteiger partial charge in [0.2, 0.25) is 0 Å². The number of hydrogen-bond donors (Lipinski definition) is 1. The number of carboxylic acid groups (broad SMARTS) is 1. The van der Waals surface area contributed by atoms with Crippen LogP contribution in [0.3, 0.4) is 0 Å². The minimum atomic E-state index is -0.748. The molecule has 2 nitrogen and oxygen atoms in total. The van der Waals surface area contributed by atoms with Crippen LogP contribution in [0.25, 0.3) is 0 Å². The molecule has 4 heteroatoms. The first kappa shape index (κ1) is 11.6. The van der Waals surface area contributed by atoms with Crippen molar-refractivity contribution in [1.29, 1.82) is 0 Å². The summed E-state index contributed by atoms with van der Waals surface area (Å²) in [6.45, 7) is 0. The van der Waals surface area contributed by atoms with Gasteiger partial charge < -0.3 is 0 Å². The van der Waals surface area contributed by atoms with Crippen molar-refractivity contribution in [2.24, 2.45) is 0 Å². The van der Waals surface area contributed by atoms with Crippen LogP contribution < -0.4 is 0 Å². The molecular weight excluding hydrogens is 262 g/mol. The van der Waals surface area contributed by atoms with Crippen molar-refractivity contribution in [3.05, 3.63) is 34.9 Å². The Morgan fingerprint density at radius 2 is 2.00 bits per heavy atom. The van der Waals surface area contributed by atoms with E-state index in [0.717, 1.165) is 10.8 Å². The molecule has 76 valence electrons. The molecule has 0 amide bonds. The van der Waals surface area contributed by atoms with Crippen LogP contribution in [0.1, 0.15) is 17.9 Å². The maximum absolute atomic E-state index is 10.6. The normalized spacial score (nSPS) is 12.4. The minimum absolute atomic E-state index is 0.116. The molecule has 2 atom stereocenters. The quantitative estimate of drug-likeness (QED) is 0.852. The molecule has 0 aliphatic heterocycles. The van der Waals surface area contributed by atoms with Gasteiger partial charge in [-0.2, -0.15) is 0 Å². The van der Waals surface area contributed by atoms with Gasteiger partial charge in [0.1, 0.15) is 0 Å². The zero-order valence-electron chi connectivity index (χ0n) is 7.61. The number of carboxylic acids is 1. The van der Waals surface area contributed by atoms with Crippen molar-refractivity contribution in [1.82, 2.24) is 0 Å². The van der Waals surface area contributed by atoms with Crippen LogP contribution in [0, 0.1) is 0 Å². The molecule has 0 spiro atoms. The van der Waals surface area contributed by atoms with Gasteiger partial charge in [-0.1, -0.05) is 0 Å². The van der Waals surface area contributed by atoms with Crippen LogP contribution in [0.5, 0.6) is 0 Å². The molecule has 1 N–H and O–H groups in total. The van der Waals surface area contributed by atoms with E-state index in [4.69, 9.17) is 16.7 Å². The maximum atomic E-state index is 10.6. The number of benzene rings is 1. The molecular formula is C10H12AsClO2. The van der Waals surface area contributed by atoms with Crippen LogP contribution in [-0.2, 0) is 4.79 Å². The Labute approximate surface area is 96.8 Å². The molecule has 0 saturated carbocycles. The SMILES string of the molecule is O=C(O)CC(C[AsH2])c1ccc(Cl)cc1. The topological polar surface area (TPSA) is 37.3 Å². The summed E-state index contributed by atoms with van der Waals surface area (Å²) in [4.78, 5) is 10.6. The van der Waals surface area contributed by atoms with E-state index < -0.39 is 5.97 Å². The van der Waals surface area contributed by atoms with Crippen LogP contribution in [0.4, 0.5) is 0 Å². The summed E-state index contributed by atoms with van der Waals surface area (Å²) < 4.78 is 0. The Morgan fingerprint density at radius 3 is 2.43 bits per heavy atom. The third-order valence-electron chi connectivity index (χ3n) is 2.05. The van der Waals surface area contributed by atoms with Gasteiger partial charge in [-0.05, 0) is 0 Å². The van der Waals surface area contributed by atoms with E-state index >= 15 is 0 Å². The number of hydrogen-bond acceptors (Lipinski definition) is 1. The van der Waals surface area contributed by atoms with Gasteiger partial charge in [0.25, 0.3) is 0 Å². The Hall–Kier alpha value is -0.462. The van der Waals surface area contributed by atoms with Gasteiger partial charge in [-0.25, -0.2) is 0 Å². The van der Waals surface area contributed by atoms with Crippen molar-refractivity contribution in [2.75, 3.05) is 0 Å². The van der Waals surface area contributed by atoms with Gasteiger partial charge >= 0.3 is 96.7 Å². The van der Waals surface area contributed by atoms with Crippen LogP contribution in [0.15, 0.2) is 24.3 Å². The van der Waals surface area contributed by atoms with Crippen LogP contribution in [-0.4, -0.2) is 27.9 Å². The van der Waals surface area contributed by atoms with E-state index in [1.54, 1.807) is 29.0 Å². The molecule has 0 aromatic heterocycles. The third kappa shape index (κ3) is 3.36. The summed E-state index contributed by atoms with van der Waals surface area (Å²) in [5.41, 5.74) is 1.06. The average Bonchev–Trinajstić information content (AvgIpc) is 2.15. The average molecular weight is 275 g/mol. The molecule has 0 radical (unpaired) electrons. The van der Waals surface area contributed by atoms with Crippen LogP contribution in [0.2, 0.25) is 10.2 Å². The van der Waals surface area contributed by atoms with Crippen molar-refractivity contribution >= 4 is 34.4 Å². The summed E-state index contributed by atoms with van der Waals surface area (Å²) in [7, 11) is 0. The summed E-state index contributed by atoms with van der Waals surface area (Å²) in [5.74, 6) is -0.632. The summed E-state index contributed by atoms with van der Waals surface area (Å²) >= 11 is 7.30. The molecule has 1 rings (SSSR count). The Bertz CT molecular complexity index is 310. The standard InChI is InChI=1S/C10H12AsClO2/c11-6-8(5-10(13)14)7-1-3-9(12)4-2-7/h1-4,8H,5-6,11H2,(H,13,14). The first-order valence-corrected chi connectivity index (χ1v) is 6.40. The first-order valence-electron chi connectivity index (χ1n) is 4.31. The van der Waals surface area contributed by atoms with Crippen molar-refractivity contribution < 1.29 is 9.90 Å². The summed E-state index contributed by atoms with van der Waals surface area (Å²) in [6.07, 6.45) is 0.194. The zero-order chi connectivity index (χ0) is 10.6. The first-order chi connectivity index (χ1) is 6.63. The fourth-order valence-electron chi connectivity index (χ4n) is 1.28. The molecule has 1 aromatic rings. The number of halogens is 1. The second-order valence-electron chi connectivity index (χ2n) is 3.08. The van der Waals surface area contributed by atoms with E-state index in [-0.39, 0.29) is 12.3 Å². The zero-order valence-corrected chi connectivity index (χ0v) is 10.8. The van der Waals surface area contributed by atoms with Crippen molar-refractivity contribution in [2.45, 2.75) is 17.5 Å². The van der Waals surface area contributed by atoms with Gasteiger partial charge in [0.05, 0.1) is 0 Å². The van der Waals surface area contributed by atoms with Gasteiger partial charge in [0, 0.05) is 0 Å². The van der Waals surface area contributed by atoms with Gasteiger partial charge in [0.15, 0.2) is 0 Å². The van der Waals surface area contributed by atoms with E-state index in [2.05, 4.69) is 0 Å². The predicted octanol–water partition coefficient (Wildman–Crippen LogP) is 1.95. The van der Waals surface area contributed by atoms with E-state index in [1.807, 2.05) is 12.1 Å². The molecule has 0 aliphatic rings. The third-order valence-corrected chi connectivity index (χ3v) is 3.49. The molecule has 0 fully saturated rings. The number of rotatable bonds is 4. The van der Waals surface area contributed by atoms with Crippen molar-refractivity contribution in [3.8, 4) is 0 Å². The summed E-state index contributed by atoms with van der Waals surface area (Å²) in [6, 6.07) is 7.40. The predicted molar refractivity (Wildman–Crippen MR) is 59.8 cm³/mol. The van der Waals surface area contributed by atoms with E-state index in [0.29, 0.717) is 5.02 Å². The van der Waals surface area contributed by atoms with E-state index in [1.165, 1.54) is 0 Å². The number of aliphatic carboxylic acids is 1. The van der Waals surface area contributed by atoms with Crippen LogP contribution >= 0.6 is 11.6 Å². The molecule has 1 aromatic carbocycles. The fraction of sp³-hybridized carbons (Fsp3) is 0.300. The van der Waals surface area contributed by atoms with E-state index in [9.17, 15) is 4.79 Å².